The maximum absolute atomic E-state index is 12.4. The van der Waals surface area contributed by atoms with Crippen LogP contribution in [0.15, 0.2) is 59.5 Å². The molecule has 2 aromatic carbocycles. The van der Waals surface area contributed by atoms with Gasteiger partial charge in [-0.05, 0) is 48.9 Å². The number of carbonyl (C=O) groups excluding carboxylic acids is 1. The standard InChI is InChI=1S/C19H21NO3S/c1-14-6-5-9-17(12-14)24(22,23)13-18(21)20-19(16-10-11-16)15-7-3-2-4-8-15/h2-9,12,16,19H,10-11,13H2,1H3,(H,20,21)/t19-/m1/s1. The first-order chi connectivity index (χ1) is 11.5. The lowest BCUT2D eigenvalue weighted by atomic mass is 10.0. The van der Waals surface area contributed by atoms with Crippen LogP contribution in [0.5, 0.6) is 0 Å². The van der Waals surface area contributed by atoms with Crippen molar-refractivity contribution in [2.24, 2.45) is 5.92 Å². The first kappa shape index (κ1) is 16.7. The van der Waals surface area contributed by atoms with E-state index in [1.54, 1.807) is 12.1 Å². The summed E-state index contributed by atoms with van der Waals surface area (Å²) in [6.07, 6.45) is 2.12. The van der Waals surface area contributed by atoms with Crippen molar-refractivity contribution >= 4 is 15.7 Å². The Kier molecular flexibility index (Phi) is 4.71. The van der Waals surface area contributed by atoms with E-state index in [0.29, 0.717) is 5.92 Å². The Morgan fingerprint density at radius 2 is 1.83 bits per heavy atom. The molecule has 1 fully saturated rings. The molecule has 126 valence electrons. The van der Waals surface area contributed by atoms with Crippen LogP contribution in [0.4, 0.5) is 0 Å². The molecule has 2 aromatic rings. The van der Waals surface area contributed by atoms with Crippen LogP contribution in [0.25, 0.3) is 0 Å². The highest BCUT2D eigenvalue weighted by molar-refractivity contribution is 7.92. The highest BCUT2D eigenvalue weighted by Gasteiger charge is 2.34. The minimum absolute atomic E-state index is 0.105. The average Bonchev–Trinajstić information content (AvgIpc) is 3.38. The Labute approximate surface area is 142 Å². The zero-order valence-corrected chi connectivity index (χ0v) is 14.4. The van der Waals surface area contributed by atoms with Gasteiger partial charge in [-0.25, -0.2) is 8.42 Å². The third-order valence-corrected chi connectivity index (χ3v) is 5.85. The Morgan fingerprint density at radius 1 is 1.12 bits per heavy atom. The summed E-state index contributed by atoms with van der Waals surface area (Å²) in [5.74, 6) is -0.567. The molecule has 1 aliphatic carbocycles. The van der Waals surface area contributed by atoms with E-state index in [0.717, 1.165) is 24.0 Å². The van der Waals surface area contributed by atoms with E-state index in [2.05, 4.69) is 5.32 Å². The molecular formula is C19H21NO3S. The largest absolute Gasteiger partial charge is 0.348 e. The van der Waals surface area contributed by atoms with Gasteiger partial charge in [-0.3, -0.25) is 4.79 Å². The number of hydrogen-bond donors (Lipinski definition) is 1. The summed E-state index contributed by atoms with van der Waals surface area (Å²) in [5, 5.41) is 2.92. The fourth-order valence-electron chi connectivity index (χ4n) is 2.84. The van der Waals surface area contributed by atoms with Gasteiger partial charge >= 0.3 is 0 Å². The van der Waals surface area contributed by atoms with E-state index >= 15 is 0 Å². The van der Waals surface area contributed by atoms with Crippen LogP contribution >= 0.6 is 0 Å². The van der Waals surface area contributed by atoms with Crippen molar-refractivity contribution in [3.8, 4) is 0 Å². The molecule has 0 aliphatic heterocycles. The lowest BCUT2D eigenvalue weighted by Gasteiger charge is -2.19. The summed E-state index contributed by atoms with van der Waals surface area (Å²) in [6.45, 7) is 1.83. The van der Waals surface area contributed by atoms with Crippen molar-refractivity contribution in [3.63, 3.8) is 0 Å². The molecule has 1 saturated carbocycles. The SMILES string of the molecule is Cc1cccc(S(=O)(=O)CC(=O)N[C@H](c2ccccc2)C2CC2)c1. The van der Waals surface area contributed by atoms with Crippen molar-refractivity contribution in [2.75, 3.05) is 5.75 Å². The molecule has 0 radical (unpaired) electrons. The topological polar surface area (TPSA) is 63.2 Å². The minimum atomic E-state index is -3.63. The van der Waals surface area contributed by atoms with E-state index in [1.165, 1.54) is 6.07 Å². The zero-order chi connectivity index (χ0) is 17.2. The van der Waals surface area contributed by atoms with Crippen LogP contribution in [0, 0.1) is 12.8 Å². The zero-order valence-electron chi connectivity index (χ0n) is 13.6. The first-order valence-corrected chi connectivity index (χ1v) is 9.75. The molecule has 24 heavy (non-hydrogen) atoms. The van der Waals surface area contributed by atoms with Crippen LogP contribution in [0.2, 0.25) is 0 Å². The molecule has 1 amide bonds. The summed E-state index contributed by atoms with van der Waals surface area (Å²) < 4.78 is 24.9. The van der Waals surface area contributed by atoms with Gasteiger partial charge < -0.3 is 5.32 Å². The van der Waals surface area contributed by atoms with Crippen molar-refractivity contribution < 1.29 is 13.2 Å². The second kappa shape index (κ2) is 6.77. The number of amides is 1. The Balaban J connectivity index is 1.72. The number of carbonyl (C=O) groups is 1. The molecule has 0 spiro atoms. The second-order valence-electron chi connectivity index (χ2n) is 6.37. The highest BCUT2D eigenvalue weighted by atomic mass is 32.2. The van der Waals surface area contributed by atoms with Crippen molar-refractivity contribution in [3.05, 3.63) is 65.7 Å². The molecular weight excluding hydrogens is 322 g/mol. The molecule has 1 N–H and O–H groups in total. The summed E-state index contributed by atoms with van der Waals surface area (Å²) in [6, 6.07) is 16.3. The van der Waals surface area contributed by atoms with Gasteiger partial charge in [0.2, 0.25) is 5.91 Å². The minimum Gasteiger partial charge on any atom is -0.348 e. The highest BCUT2D eigenvalue weighted by Crippen LogP contribution is 2.40. The lowest BCUT2D eigenvalue weighted by Crippen LogP contribution is -2.34. The van der Waals surface area contributed by atoms with Crippen molar-refractivity contribution in [1.29, 1.82) is 0 Å². The predicted octanol–water partition coefficient (Wildman–Crippen LogP) is 3.04. The molecule has 1 atom stereocenters. The molecule has 0 saturated heterocycles. The molecule has 0 heterocycles. The maximum Gasteiger partial charge on any atom is 0.236 e. The van der Waals surface area contributed by atoms with E-state index in [-0.39, 0.29) is 10.9 Å². The maximum atomic E-state index is 12.4. The number of aryl methyl sites for hydroxylation is 1. The lowest BCUT2D eigenvalue weighted by molar-refractivity contribution is -0.119. The van der Waals surface area contributed by atoms with Gasteiger partial charge in [-0.2, -0.15) is 0 Å². The van der Waals surface area contributed by atoms with E-state index in [4.69, 9.17) is 0 Å². The fourth-order valence-corrected chi connectivity index (χ4v) is 4.09. The summed E-state index contributed by atoms with van der Waals surface area (Å²) in [5.41, 5.74) is 1.89. The number of nitrogens with one attached hydrogen (secondary N) is 1. The van der Waals surface area contributed by atoms with Crippen LogP contribution in [0.1, 0.15) is 30.0 Å². The van der Waals surface area contributed by atoms with Gasteiger partial charge in [0, 0.05) is 0 Å². The average molecular weight is 343 g/mol. The van der Waals surface area contributed by atoms with E-state index in [9.17, 15) is 13.2 Å². The molecule has 5 heteroatoms. The monoisotopic (exact) mass is 343 g/mol. The van der Waals surface area contributed by atoms with Gasteiger partial charge in [-0.1, -0.05) is 42.5 Å². The van der Waals surface area contributed by atoms with Gasteiger partial charge in [0.05, 0.1) is 10.9 Å². The Morgan fingerprint density at radius 3 is 2.46 bits per heavy atom. The van der Waals surface area contributed by atoms with Crippen LogP contribution in [-0.4, -0.2) is 20.1 Å². The van der Waals surface area contributed by atoms with E-state index in [1.807, 2.05) is 43.3 Å². The molecule has 4 nitrogen and oxygen atoms in total. The second-order valence-corrected chi connectivity index (χ2v) is 8.36. The first-order valence-electron chi connectivity index (χ1n) is 8.09. The van der Waals surface area contributed by atoms with Gasteiger partial charge in [0.1, 0.15) is 5.75 Å². The molecule has 1 aliphatic rings. The van der Waals surface area contributed by atoms with Crippen molar-refractivity contribution in [1.82, 2.24) is 5.32 Å². The van der Waals surface area contributed by atoms with Crippen molar-refractivity contribution in [2.45, 2.75) is 30.7 Å². The number of sulfone groups is 1. The van der Waals surface area contributed by atoms with Gasteiger partial charge in [0.25, 0.3) is 0 Å². The molecule has 3 rings (SSSR count). The summed E-state index contributed by atoms with van der Waals surface area (Å²) in [4.78, 5) is 12.5. The number of hydrogen-bond acceptors (Lipinski definition) is 3. The normalized spacial score (nSPS) is 15.7. The summed E-state index contributed by atoms with van der Waals surface area (Å²) >= 11 is 0. The predicted molar refractivity (Wildman–Crippen MR) is 93.3 cm³/mol. The Bertz CT molecular complexity index is 827. The molecule has 0 bridgehead atoms. The van der Waals surface area contributed by atoms with Gasteiger partial charge in [0.15, 0.2) is 9.84 Å². The van der Waals surface area contributed by atoms with Crippen LogP contribution in [-0.2, 0) is 14.6 Å². The Hall–Kier alpha value is -2.14. The molecule has 0 unspecified atom stereocenters. The number of benzene rings is 2. The fraction of sp³-hybridized carbons (Fsp3) is 0.316. The smallest absolute Gasteiger partial charge is 0.236 e. The quantitative estimate of drug-likeness (QED) is 0.877. The number of rotatable bonds is 6. The van der Waals surface area contributed by atoms with Gasteiger partial charge in [-0.15, -0.1) is 0 Å². The van der Waals surface area contributed by atoms with Crippen LogP contribution < -0.4 is 5.32 Å². The van der Waals surface area contributed by atoms with Crippen LogP contribution in [0.3, 0.4) is 0 Å². The molecule has 0 aromatic heterocycles. The van der Waals surface area contributed by atoms with E-state index < -0.39 is 21.5 Å². The third-order valence-electron chi connectivity index (χ3n) is 4.24. The third kappa shape index (κ3) is 4.03. The summed E-state index contributed by atoms with van der Waals surface area (Å²) in [7, 11) is -3.63.